The molecule has 23 heavy (non-hydrogen) atoms. The van der Waals surface area contributed by atoms with Crippen LogP contribution in [0.15, 0.2) is 18.2 Å². The Kier molecular flexibility index (Phi) is 6.36. The fourth-order valence-corrected chi connectivity index (χ4v) is 3.48. The Hall–Kier alpha value is -1.20. The van der Waals surface area contributed by atoms with E-state index in [2.05, 4.69) is 32.2 Å². The van der Waals surface area contributed by atoms with Crippen LogP contribution in [-0.4, -0.2) is 40.5 Å². The molecule has 4 nitrogen and oxygen atoms in total. The molecule has 1 aromatic carbocycles. The number of piperidine rings is 1. The lowest BCUT2D eigenvalue weighted by molar-refractivity contribution is 0.0464. The summed E-state index contributed by atoms with van der Waals surface area (Å²) in [6.07, 6.45) is 0.419. The average molecular weight is 337 g/mol. The number of rotatable bonds is 4. The molecule has 0 aromatic heterocycles. The second kappa shape index (κ2) is 8.06. The lowest BCUT2D eigenvalue weighted by atomic mass is 9.96. The Morgan fingerprint density at radius 2 is 2.22 bits per heavy atom. The minimum atomic E-state index is -0.427. The number of anilines is 1. The number of benzene rings is 1. The second-order valence-electron chi connectivity index (χ2n) is 6.66. The zero-order valence-corrected chi connectivity index (χ0v) is 15.3. The van der Waals surface area contributed by atoms with E-state index in [4.69, 9.17) is 0 Å². The zero-order valence-electron chi connectivity index (χ0n) is 14.5. The lowest BCUT2D eigenvalue weighted by Gasteiger charge is -2.34. The number of likely N-dealkylation sites (tertiary alicyclic amines) is 1. The molecule has 1 fully saturated rings. The highest BCUT2D eigenvalue weighted by Crippen LogP contribution is 2.25. The minimum absolute atomic E-state index is 0.118. The number of carbonyl (C=O) groups excluding carboxylic acids is 1. The van der Waals surface area contributed by atoms with Gasteiger partial charge in [0.2, 0.25) is 0 Å². The third kappa shape index (κ3) is 4.88. The third-order valence-electron chi connectivity index (χ3n) is 4.47. The molecule has 2 N–H and O–H groups in total. The van der Waals surface area contributed by atoms with Crippen LogP contribution in [-0.2, 0) is 5.75 Å². The molecule has 1 heterocycles. The maximum absolute atomic E-state index is 12.4. The van der Waals surface area contributed by atoms with Crippen LogP contribution >= 0.6 is 11.8 Å². The molecular weight excluding hydrogens is 308 g/mol. The quantitative estimate of drug-likeness (QED) is 0.877. The van der Waals surface area contributed by atoms with Gasteiger partial charge in [-0.2, -0.15) is 11.8 Å². The number of urea groups is 1. The predicted octanol–water partition coefficient (Wildman–Crippen LogP) is 3.87. The van der Waals surface area contributed by atoms with Gasteiger partial charge in [0.15, 0.2) is 0 Å². The SMILES string of the molecule is Cc1c(CSC(C)C)cccc1NC(=O)N1CCC(C)C(O)C1. The molecule has 2 amide bonds. The van der Waals surface area contributed by atoms with Crippen LogP contribution < -0.4 is 5.32 Å². The molecule has 1 aliphatic heterocycles. The van der Waals surface area contributed by atoms with Gasteiger partial charge < -0.3 is 15.3 Å². The first-order chi connectivity index (χ1) is 10.9. The van der Waals surface area contributed by atoms with Crippen LogP contribution in [0.25, 0.3) is 0 Å². The summed E-state index contributed by atoms with van der Waals surface area (Å²) in [5.41, 5.74) is 3.25. The number of hydrogen-bond acceptors (Lipinski definition) is 3. The van der Waals surface area contributed by atoms with Gasteiger partial charge >= 0.3 is 6.03 Å². The molecule has 0 spiro atoms. The van der Waals surface area contributed by atoms with E-state index in [0.717, 1.165) is 23.4 Å². The largest absolute Gasteiger partial charge is 0.391 e. The molecule has 2 unspecified atom stereocenters. The number of thioether (sulfide) groups is 1. The Morgan fingerprint density at radius 3 is 2.87 bits per heavy atom. The second-order valence-corrected chi connectivity index (χ2v) is 8.22. The first-order valence-electron chi connectivity index (χ1n) is 8.32. The van der Waals surface area contributed by atoms with E-state index in [0.29, 0.717) is 18.3 Å². The van der Waals surface area contributed by atoms with E-state index >= 15 is 0 Å². The van der Waals surface area contributed by atoms with Crippen molar-refractivity contribution in [1.29, 1.82) is 0 Å². The molecule has 0 saturated carbocycles. The topological polar surface area (TPSA) is 52.6 Å². The maximum atomic E-state index is 12.4. The van der Waals surface area contributed by atoms with Gasteiger partial charge in [-0.05, 0) is 41.7 Å². The molecule has 0 bridgehead atoms. The van der Waals surface area contributed by atoms with Crippen molar-refractivity contribution in [3.8, 4) is 0 Å². The predicted molar refractivity (Wildman–Crippen MR) is 98.0 cm³/mol. The monoisotopic (exact) mass is 336 g/mol. The maximum Gasteiger partial charge on any atom is 0.321 e. The number of hydrogen-bond donors (Lipinski definition) is 2. The van der Waals surface area contributed by atoms with Crippen LogP contribution in [0, 0.1) is 12.8 Å². The number of β-amino-alcohol motifs (C(OH)–C–C–N with tert-alkyl or cyclic N) is 1. The van der Waals surface area contributed by atoms with Crippen molar-refractivity contribution in [2.24, 2.45) is 5.92 Å². The van der Waals surface area contributed by atoms with E-state index in [9.17, 15) is 9.90 Å². The van der Waals surface area contributed by atoms with Gasteiger partial charge in [0.25, 0.3) is 0 Å². The van der Waals surface area contributed by atoms with Crippen LogP contribution in [0.2, 0.25) is 0 Å². The summed E-state index contributed by atoms with van der Waals surface area (Å²) in [6, 6.07) is 5.94. The average Bonchev–Trinajstić information content (AvgIpc) is 2.50. The van der Waals surface area contributed by atoms with E-state index in [1.54, 1.807) is 4.90 Å². The summed E-state index contributed by atoms with van der Waals surface area (Å²) in [5, 5.41) is 13.6. The third-order valence-corrected chi connectivity index (χ3v) is 5.61. The zero-order chi connectivity index (χ0) is 17.0. The number of aliphatic hydroxyl groups is 1. The van der Waals surface area contributed by atoms with E-state index in [-0.39, 0.29) is 11.9 Å². The van der Waals surface area contributed by atoms with Crippen molar-refractivity contribution in [2.45, 2.75) is 51.2 Å². The Labute approximate surface area is 143 Å². The lowest BCUT2D eigenvalue weighted by Crippen LogP contribution is -2.47. The van der Waals surface area contributed by atoms with Crippen molar-refractivity contribution < 1.29 is 9.90 Å². The Bertz CT molecular complexity index is 548. The normalized spacial score (nSPS) is 21.6. The number of amides is 2. The van der Waals surface area contributed by atoms with Crippen LogP contribution in [0.1, 0.15) is 38.3 Å². The summed E-state index contributed by atoms with van der Waals surface area (Å²) < 4.78 is 0. The molecule has 0 radical (unpaired) electrons. The van der Waals surface area contributed by atoms with Gasteiger partial charge in [-0.25, -0.2) is 4.79 Å². The molecule has 1 aliphatic rings. The molecular formula is C18H28N2O2S. The van der Waals surface area contributed by atoms with Crippen LogP contribution in [0.4, 0.5) is 10.5 Å². The molecule has 2 rings (SSSR count). The summed E-state index contributed by atoms with van der Waals surface area (Å²) in [6.45, 7) is 9.57. The van der Waals surface area contributed by atoms with E-state index < -0.39 is 6.10 Å². The summed E-state index contributed by atoms with van der Waals surface area (Å²) in [4.78, 5) is 14.2. The van der Waals surface area contributed by atoms with Crippen LogP contribution in [0.3, 0.4) is 0 Å². The Morgan fingerprint density at radius 1 is 1.48 bits per heavy atom. The Balaban J connectivity index is 2.02. The molecule has 1 aromatic rings. The highest BCUT2D eigenvalue weighted by molar-refractivity contribution is 7.99. The van der Waals surface area contributed by atoms with Crippen LogP contribution in [0.5, 0.6) is 0 Å². The number of carbonyl (C=O) groups is 1. The molecule has 2 atom stereocenters. The first-order valence-corrected chi connectivity index (χ1v) is 9.37. The van der Waals surface area contributed by atoms with Gasteiger partial charge in [0, 0.05) is 24.5 Å². The van der Waals surface area contributed by atoms with Crippen molar-refractivity contribution in [3.05, 3.63) is 29.3 Å². The standard InChI is InChI=1S/C18H28N2O2S/c1-12(2)23-11-15-6-5-7-16(14(15)4)19-18(22)20-9-8-13(3)17(21)10-20/h5-7,12-13,17,21H,8-11H2,1-4H3,(H,19,22). The summed E-state index contributed by atoms with van der Waals surface area (Å²) in [5.74, 6) is 1.21. The van der Waals surface area contributed by atoms with Gasteiger partial charge in [-0.1, -0.05) is 32.9 Å². The first kappa shape index (κ1) is 18.1. The number of aliphatic hydroxyl groups excluding tert-OH is 1. The highest BCUT2D eigenvalue weighted by Gasteiger charge is 2.27. The smallest absolute Gasteiger partial charge is 0.321 e. The minimum Gasteiger partial charge on any atom is -0.391 e. The van der Waals surface area contributed by atoms with Gasteiger partial charge in [0.1, 0.15) is 0 Å². The van der Waals surface area contributed by atoms with Crippen molar-refractivity contribution in [2.75, 3.05) is 18.4 Å². The van der Waals surface area contributed by atoms with Gasteiger partial charge in [0.05, 0.1) is 6.10 Å². The molecule has 128 valence electrons. The van der Waals surface area contributed by atoms with Crippen molar-refractivity contribution in [1.82, 2.24) is 4.90 Å². The summed E-state index contributed by atoms with van der Waals surface area (Å²) >= 11 is 1.90. The number of nitrogens with zero attached hydrogens (tertiary/aromatic N) is 1. The fraction of sp³-hybridized carbons (Fsp3) is 0.611. The van der Waals surface area contributed by atoms with Crippen molar-refractivity contribution >= 4 is 23.5 Å². The van der Waals surface area contributed by atoms with E-state index in [1.807, 2.05) is 30.8 Å². The summed E-state index contributed by atoms with van der Waals surface area (Å²) in [7, 11) is 0. The highest BCUT2D eigenvalue weighted by atomic mass is 32.2. The van der Waals surface area contributed by atoms with Crippen molar-refractivity contribution in [3.63, 3.8) is 0 Å². The number of nitrogens with one attached hydrogen (secondary N) is 1. The van der Waals surface area contributed by atoms with E-state index in [1.165, 1.54) is 5.56 Å². The molecule has 0 aliphatic carbocycles. The van der Waals surface area contributed by atoms with Gasteiger partial charge in [-0.3, -0.25) is 0 Å². The van der Waals surface area contributed by atoms with Gasteiger partial charge in [-0.15, -0.1) is 0 Å². The molecule has 1 saturated heterocycles. The molecule has 5 heteroatoms. The fourth-order valence-electron chi connectivity index (χ4n) is 2.66.